The highest BCUT2D eigenvalue weighted by molar-refractivity contribution is 6.31. The van der Waals surface area contributed by atoms with Crippen molar-refractivity contribution in [2.75, 3.05) is 0 Å². The lowest BCUT2D eigenvalue weighted by Gasteiger charge is -2.04. The van der Waals surface area contributed by atoms with Crippen LogP contribution < -0.4 is 0 Å². The lowest BCUT2D eigenvalue weighted by Crippen LogP contribution is -2.05. The minimum absolute atomic E-state index is 0.144. The molecule has 3 aromatic rings. The van der Waals surface area contributed by atoms with Gasteiger partial charge in [0.1, 0.15) is 11.9 Å². The van der Waals surface area contributed by atoms with E-state index < -0.39 is 5.82 Å². The number of aromatic nitrogens is 3. The number of benzene rings is 1. The maximum atomic E-state index is 13.6. The molecule has 0 unspecified atom stereocenters. The van der Waals surface area contributed by atoms with Crippen molar-refractivity contribution in [2.24, 2.45) is 0 Å². The van der Waals surface area contributed by atoms with Gasteiger partial charge >= 0.3 is 0 Å². The van der Waals surface area contributed by atoms with Gasteiger partial charge in [0.15, 0.2) is 5.69 Å². The Morgan fingerprint density at radius 1 is 1.35 bits per heavy atom. The average molecular weight is 287 g/mol. The van der Waals surface area contributed by atoms with Crippen molar-refractivity contribution >= 4 is 22.5 Å². The molecule has 6 heteroatoms. The Bertz CT molecular complexity index is 835. The number of fused-ring (bicyclic) bond motifs is 1. The molecule has 0 atom stereocenters. The summed E-state index contributed by atoms with van der Waals surface area (Å²) in [7, 11) is 0. The van der Waals surface area contributed by atoms with Gasteiger partial charge in [0.2, 0.25) is 0 Å². The van der Waals surface area contributed by atoms with Crippen molar-refractivity contribution in [3.63, 3.8) is 0 Å². The molecule has 20 heavy (non-hydrogen) atoms. The first-order chi connectivity index (χ1) is 9.69. The molecule has 0 saturated carbocycles. The lowest BCUT2D eigenvalue weighted by atomic mass is 10.2. The zero-order valence-corrected chi connectivity index (χ0v) is 11.0. The Balaban J connectivity index is 2.15. The van der Waals surface area contributed by atoms with Gasteiger partial charge in [-0.2, -0.15) is 10.4 Å². The number of pyridine rings is 1. The van der Waals surface area contributed by atoms with Crippen LogP contribution in [0.4, 0.5) is 4.39 Å². The summed E-state index contributed by atoms with van der Waals surface area (Å²) in [5.41, 5.74) is 1.23. The van der Waals surface area contributed by atoms with Gasteiger partial charge < -0.3 is 0 Å². The van der Waals surface area contributed by atoms with E-state index in [1.807, 2.05) is 6.07 Å². The van der Waals surface area contributed by atoms with E-state index in [1.54, 1.807) is 18.2 Å². The Hall–Kier alpha value is -2.45. The average Bonchev–Trinajstić information content (AvgIpc) is 2.79. The van der Waals surface area contributed by atoms with Crippen molar-refractivity contribution in [1.29, 1.82) is 5.26 Å². The number of rotatable bonds is 2. The second-order valence-corrected chi connectivity index (χ2v) is 4.65. The van der Waals surface area contributed by atoms with Crippen LogP contribution in [-0.2, 0) is 6.54 Å². The summed E-state index contributed by atoms with van der Waals surface area (Å²) >= 11 is 5.96. The first-order valence-electron chi connectivity index (χ1n) is 5.84. The molecule has 0 fully saturated rings. The van der Waals surface area contributed by atoms with E-state index >= 15 is 0 Å². The van der Waals surface area contributed by atoms with E-state index in [0.717, 1.165) is 0 Å². The molecule has 1 aromatic carbocycles. The molecule has 0 saturated heterocycles. The quantitative estimate of drug-likeness (QED) is 0.727. The SMILES string of the molecule is N#Cc1nn(Cc2ncccc2F)c2cc(Cl)ccc12. The number of nitrogens with zero attached hydrogens (tertiary/aromatic N) is 4. The molecule has 2 heterocycles. The standard InChI is InChI=1S/C14H8ClFN4/c15-9-3-4-10-12(7-17)19-20(14(10)6-9)8-13-11(16)2-1-5-18-13/h1-6H,8H2. The van der Waals surface area contributed by atoms with E-state index in [-0.39, 0.29) is 17.9 Å². The Morgan fingerprint density at radius 2 is 2.20 bits per heavy atom. The van der Waals surface area contributed by atoms with E-state index in [9.17, 15) is 4.39 Å². The highest BCUT2D eigenvalue weighted by Crippen LogP contribution is 2.23. The molecule has 0 aliphatic heterocycles. The highest BCUT2D eigenvalue weighted by atomic mass is 35.5. The summed E-state index contributed by atoms with van der Waals surface area (Å²) in [6, 6.07) is 10.0. The zero-order chi connectivity index (χ0) is 14.1. The van der Waals surface area contributed by atoms with Gasteiger partial charge in [0.25, 0.3) is 0 Å². The summed E-state index contributed by atoms with van der Waals surface area (Å²) in [5.74, 6) is -0.406. The van der Waals surface area contributed by atoms with Crippen LogP contribution in [0, 0.1) is 17.1 Å². The normalized spacial score (nSPS) is 10.7. The predicted molar refractivity (Wildman–Crippen MR) is 72.8 cm³/mol. The molecular weight excluding hydrogens is 279 g/mol. The van der Waals surface area contributed by atoms with Crippen molar-refractivity contribution in [3.8, 4) is 6.07 Å². The largest absolute Gasteiger partial charge is 0.257 e. The number of nitriles is 1. The lowest BCUT2D eigenvalue weighted by molar-refractivity contribution is 0.576. The Kier molecular flexibility index (Phi) is 3.09. The van der Waals surface area contributed by atoms with Gasteiger partial charge in [-0.15, -0.1) is 0 Å². The molecule has 0 aliphatic carbocycles. The van der Waals surface area contributed by atoms with E-state index in [0.29, 0.717) is 15.9 Å². The smallest absolute Gasteiger partial charge is 0.170 e. The Morgan fingerprint density at radius 3 is 2.95 bits per heavy atom. The van der Waals surface area contributed by atoms with E-state index in [1.165, 1.54) is 23.0 Å². The summed E-state index contributed by atoms with van der Waals surface area (Å²) in [6.45, 7) is 0.144. The number of hydrogen-bond acceptors (Lipinski definition) is 3. The minimum Gasteiger partial charge on any atom is -0.257 e. The fourth-order valence-electron chi connectivity index (χ4n) is 2.03. The molecule has 2 aromatic heterocycles. The molecule has 3 rings (SSSR count). The van der Waals surface area contributed by atoms with Crippen LogP contribution in [-0.4, -0.2) is 14.8 Å². The molecule has 4 nitrogen and oxygen atoms in total. The summed E-state index contributed by atoms with van der Waals surface area (Å²) < 4.78 is 15.2. The Labute approximate surface area is 119 Å². The fourth-order valence-corrected chi connectivity index (χ4v) is 2.19. The van der Waals surface area contributed by atoms with Crippen molar-refractivity contribution in [3.05, 3.63) is 58.8 Å². The first-order valence-corrected chi connectivity index (χ1v) is 6.22. The van der Waals surface area contributed by atoms with Crippen LogP contribution in [0.1, 0.15) is 11.4 Å². The molecule has 98 valence electrons. The second-order valence-electron chi connectivity index (χ2n) is 4.21. The molecule has 0 spiro atoms. The number of halogens is 2. The molecular formula is C14H8ClFN4. The topological polar surface area (TPSA) is 54.5 Å². The van der Waals surface area contributed by atoms with Gasteiger partial charge in [-0.3, -0.25) is 9.67 Å². The van der Waals surface area contributed by atoms with Crippen molar-refractivity contribution in [1.82, 2.24) is 14.8 Å². The fraction of sp³-hybridized carbons (Fsp3) is 0.0714. The van der Waals surface area contributed by atoms with Crippen LogP contribution in [0.25, 0.3) is 10.9 Å². The molecule has 0 amide bonds. The van der Waals surface area contributed by atoms with Crippen LogP contribution in [0.15, 0.2) is 36.5 Å². The van der Waals surface area contributed by atoms with Gasteiger partial charge in [0.05, 0.1) is 17.8 Å². The third-order valence-corrected chi connectivity index (χ3v) is 3.19. The summed E-state index contributed by atoms with van der Waals surface area (Å²) in [5, 5.41) is 14.5. The van der Waals surface area contributed by atoms with E-state index in [2.05, 4.69) is 10.1 Å². The van der Waals surface area contributed by atoms with E-state index in [4.69, 9.17) is 16.9 Å². The van der Waals surface area contributed by atoms with Crippen LogP contribution >= 0.6 is 11.6 Å². The molecule has 0 N–H and O–H groups in total. The van der Waals surface area contributed by atoms with Gasteiger partial charge in [0, 0.05) is 16.6 Å². The van der Waals surface area contributed by atoms with Gasteiger partial charge in [-0.25, -0.2) is 4.39 Å². The minimum atomic E-state index is -0.406. The third kappa shape index (κ3) is 2.10. The van der Waals surface area contributed by atoms with Gasteiger partial charge in [-0.05, 0) is 30.3 Å². The van der Waals surface area contributed by atoms with Crippen molar-refractivity contribution < 1.29 is 4.39 Å². The molecule has 0 bridgehead atoms. The second kappa shape index (κ2) is 4.91. The van der Waals surface area contributed by atoms with Gasteiger partial charge in [-0.1, -0.05) is 11.6 Å². The number of hydrogen-bond donors (Lipinski definition) is 0. The molecule has 0 aliphatic rings. The summed E-state index contributed by atoms with van der Waals surface area (Å²) in [4.78, 5) is 3.99. The van der Waals surface area contributed by atoms with Crippen LogP contribution in [0.3, 0.4) is 0 Å². The summed E-state index contributed by atoms with van der Waals surface area (Å²) in [6.07, 6.45) is 1.52. The molecule has 0 radical (unpaired) electrons. The van der Waals surface area contributed by atoms with Crippen LogP contribution in [0.5, 0.6) is 0 Å². The monoisotopic (exact) mass is 286 g/mol. The van der Waals surface area contributed by atoms with Crippen molar-refractivity contribution in [2.45, 2.75) is 6.54 Å². The zero-order valence-electron chi connectivity index (χ0n) is 10.2. The maximum Gasteiger partial charge on any atom is 0.170 e. The first kappa shape index (κ1) is 12.6. The predicted octanol–water partition coefficient (Wildman–Crippen LogP) is 3.14. The third-order valence-electron chi connectivity index (χ3n) is 2.95. The maximum absolute atomic E-state index is 13.6. The van der Waals surface area contributed by atoms with Crippen LogP contribution in [0.2, 0.25) is 5.02 Å². The highest BCUT2D eigenvalue weighted by Gasteiger charge is 2.12.